The Kier molecular flexibility index (Phi) is 2.18. The molecule has 0 aliphatic rings. The Labute approximate surface area is 85.0 Å². The second kappa shape index (κ2) is 3.38. The lowest BCUT2D eigenvalue weighted by Crippen LogP contribution is -2.36. The highest BCUT2D eigenvalue weighted by molar-refractivity contribution is 5.67. The van der Waals surface area contributed by atoms with Crippen molar-refractivity contribution < 1.29 is 0 Å². The molecule has 0 amide bonds. The minimum Gasteiger partial charge on any atom is -0.339 e. The molecule has 0 radical (unpaired) electrons. The van der Waals surface area contributed by atoms with Gasteiger partial charge in [0.25, 0.3) is 5.56 Å². The molecule has 2 N–H and O–H groups in total. The van der Waals surface area contributed by atoms with E-state index in [9.17, 15) is 9.59 Å². The van der Waals surface area contributed by atoms with E-state index >= 15 is 0 Å². The summed E-state index contributed by atoms with van der Waals surface area (Å²) in [4.78, 5) is 32.5. The van der Waals surface area contributed by atoms with Gasteiger partial charge in [-0.3, -0.25) is 14.3 Å². The van der Waals surface area contributed by atoms with Gasteiger partial charge in [-0.15, -0.1) is 0 Å². The van der Waals surface area contributed by atoms with Crippen molar-refractivity contribution in [2.45, 2.75) is 20.4 Å². The van der Waals surface area contributed by atoms with Gasteiger partial charge < -0.3 is 4.98 Å². The van der Waals surface area contributed by atoms with E-state index in [2.05, 4.69) is 15.0 Å². The summed E-state index contributed by atoms with van der Waals surface area (Å²) in [6.07, 6.45) is 1.39. The van der Waals surface area contributed by atoms with Crippen molar-refractivity contribution in [1.29, 1.82) is 0 Å². The first kappa shape index (κ1) is 9.70. The molecule has 0 unspecified atom stereocenters. The number of imidazole rings is 1. The van der Waals surface area contributed by atoms with Crippen molar-refractivity contribution in [3.05, 3.63) is 27.2 Å². The molecule has 2 heterocycles. The van der Waals surface area contributed by atoms with E-state index in [0.29, 0.717) is 17.7 Å². The van der Waals surface area contributed by atoms with E-state index in [-0.39, 0.29) is 11.5 Å². The van der Waals surface area contributed by atoms with Crippen LogP contribution < -0.4 is 11.2 Å². The zero-order chi connectivity index (χ0) is 11.0. The van der Waals surface area contributed by atoms with Crippen molar-refractivity contribution in [3.8, 4) is 0 Å². The van der Waals surface area contributed by atoms with Gasteiger partial charge in [-0.25, -0.2) is 9.78 Å². The van der Waals surface area contributed by atoms with Crippen molar-refractivity contribution in [2.75, 3.05) is 0 Å². The van der Waals surface area contributed by atoms with Crippen LogP contribution in [0.1, 0.15) is 13.8 Å². The maximum atomic E-state index is 11.8. The van der Waals surface area contributed by atoms with Crippen molar-refractivity contribution in [2.24, 2.45) is 5.92 Å². The molecule has 80 valence electrons. The molecule has 0 spiro atoms. The third-order valence-electron chi connectivity index (χ3n) is 2.12. The van der Waals surface area contributed by atoms with Crippen LogP contribution in [-0.4, -0.2) is 19.5 Å². The van der Waals surface area contributed by atoms with Crippen LogP contribution in [0.5, 0.6) is 0 Å². The van der Waals surface area contributed by atoms with Gasteiger partial charge in [-0.05, 0) is 5.92 Å². The molecule has 2 aromatic rings. The third-order valence-corrected chi connectivity index (χ3v) is 2.12. The summed E-state index contributed by atoms with van der Waals surface area (Å²) in [5, 5.41) is 0. The molecule has 0 atom stereocenters. The van der Waals surface area contributed by atoms with E-state index in [1.54, 1.807) is 0 Å². The van der Waals surface area contributed by atoms with Gasteiger partial charge in [0.15, 0.2) is 5.65 Å². The summed E-state index contributed by atoms with van der Waals surface area (Å²) in [6, 6.07) is 0. The lowest BCUT2D eigenvalue weighted by atomic mass is 10.2. The molecule has 0 fully saturated rings. The first-order valence-corrected chi connectivity index (χ1v) is 4.76. The smallest absolute Gasteiger partial charge is 0.330 e. The van der Waals surface area contributed by atoms with Gasteiger partial charge in [0.1, 0.15) is 5.52 Å². The minimum absolute atomic E-state index is 0.240. The molecule has 0 aliphatic carbocycles. The van der Waals surface area contributed by atoms with E-state index in [0.717, 1.165) is 0 Å². The first-order valence-electron chi connectivity index (χ1n) is 4.76. The Hall–Kier alpha value is -1.85. The number of H-pyrrole nitrogens is 2. The fourth-order valence-electron chi connectivity index (χ4n) is 1.48. The zero-order valence-electron chi connectivity index (χ0n) is 8.57. The number of aromatic nitrogens is 4. The molecule has 15 heavy (non-hydrogen) atoms. The van der Waals surface area contributed by atoms with E-state index in [1.165, 1.54) is 10.9 Å². The molecular formula is C9H12N4O2. The third kappa shape index (κ3) is 1.58. The Morgan fingerprint density at radius 2 is 2.20 bits per heavy atom. The number of fused-ring (bicyclic) bond motifs is 1. The summed E-state index contributed by atoms with van der Waals surface area (Å²) in [7, 11) is 0. The van der Waals surface area contributed by atoms with Gasteiger partial charge >= 0.3 is 5.69 Å². The van der Waals surface area contributed by atoms with Crippen molar-refractivity contribution in [1.82, 2.24) is 19.5 Å². The van der Waals surface area contributed by atoms with Crippen LogP contribution in [0.15, 0.2) is 15.9 Å². The molecule has 6 nitrogen and oxygen atoms in total. The average molecular weight is 208 g/mol. The predicted molar refractivity (Wildman–Crippen MR) is 55.8 cm³/mol. The highest BCUT2D eigenvalue weighted by atomic mass is 16.2. The molecule has 0 saturated heterocycles. The van der Waals surface area contributed by atoms with Crippen LogP contribution in [-0.2, 0) is 6.54 Å². The van der Waals surface area contributed by atoms with Crippen LogP contribution in [0.3, 0.4) is 0 Å². The Bertz CT molecular complexity index is 590. The molecule has 2 rings (SSSR count). The monoisotopic (exact) mass is 208 g/mol. The molecule has 6 heteroatoms. The standard InChI is InChI=1S/C9H12N4O2/c1-5(2)3-13-8(14)6-7(11-4-10-6)12-9(13)15/h4-5H,3H2,1-2H3,(H,10,11)(H,12,15). The average Bonchev–Trinajstić information content (AvgIpc) is 2.59. The van der Waals surface area contributed by atoms with Crippen molar-refractivity contribution in [3.63, 3.8) is 0 Å². The summed E-state index contributed by atoms with van der Waals surface area (Å²) in [5.41, 5.74) is -0.0755. The Balaban J connectivity index is 2.73. The zero-order valence-corrected chi connectivity index (χ0v) is 8.57. The number of nitrogens with one attached hydrogen (secondary N) is 2. The van der Waals surface area contributed by atoms with Crippen LogP contribution in [0, 0.1) is 5.92 Å². The molecule has 0 bridgehead atoms. The van der Waals surface area contributed by atoms with Gasteiger partial charge in [-0.1, -0.05) is 13.8 Å². The van der Waals surface area contributed by atoms with Gasteiger partial charge in [0.05, 0.1) is 6.33 Å². The number of rotatable bonds is 2. The summed E-state index contributed by atoms with van der Waals surface area (Å²) in [6.45, 7) is 4.30. The summed E-state index contributed by atoms with van der Waals surface area (Å²) >= 11 is 0. The highest BCUT2D eigenvalue weighted by Gasteiger charge is 2.09. The lowest BCUT2D eigenvalue weighted by Gasteiger charge is -2.06. The Morgan fingerprint density at radius 1 is 1.47 bits per heavy atom. The largest absolute Gasteiger partial charge is 0.339 e. The minimum atomic E-state index is -0.409. The van der Waals surface area contributed by atoms with Crippen LogP contribution in [0.4, 0.5) is 0 Å². The fourth-order valence-corrected chi connectivity index (χ4v) is 1.48. The quantitative estimate of drug-likeness (QED) is 0.732. The second-order valence-corrected chi connectivity index (χ2v) is 3.87. The summed E-state index contributed by atoms with van der Waals surface area (Å²) < 4.78 is 1.19. The first-order chi connectivity index (χ1) is 7.09. The fraction of sp³-hybridized carbons (Fsp3) is 0.444. The van der Waals surface area contributed by atoms with Gasteiger partial charge in [0, 0.05) is 6.54 Å². The second-order valence-electron chi connectivity index (χ2n) is 3.87. The van der Waals surface area contributed by atoms with Crippen LogP contribution >= 0.6 is 0 Å². The van der Waals surface area contributed by atoms with Crippen LogP contribution in [0.2, 0.25) is 0 Å². The maximum absolute atomic E-state index is 11.8. The lowest BCUT2D eigenvalue weighted by molar-refractivity contribution is 0.495. The topological polar surface area (TPSA) is 83.5 Å². The van der Waals surface area contributed by atoms with E-state index in [1.807, 2.05) is 13.8 Å². The van der Waals surface area contributed by atoms with E-state index in [4.69, 9.17) is 0 Å². The summed E-state index contributed by atoms with van der Waals surface area (Å²) in [5.74, 6) is 0.240. The van der Waals surface area contributed by atoms with Crippen LogP contribution in [0.25, 0.3) is 11.2 Å². The van der Waals surface area contributed by atoms with Crippen molar-refractivity contribution >= 4 is 11.2 Å². The predicted octanol–water partition coefficient (Wildman–Crippen LogP) is 0.0689. The molecular weight excluding hydrogens is 196 g/mol. The SMILES string of the molecule is CC(C)Cn1c(=O)[nH]c2nc[nH]c2c1=O. The highest BCUT2D eigenvalue weighted by Crippen LogP contribution is 1.97. The number of hydrogen-bond acceptors (Lipinski definition) is 3. The Morgan fingerprint density at radius 3 is 2.87 bits per heavy atom. The van der Waals surface area contributed by atoms with E-state index < -0.39 is 5.69 Å². The molecule has 0 saturated carbocycles. The normalized spacial score (nSPS) is 11.4. The molecule has 2 aromatic heterocycles. The number of aromatic amines is 2. The van der Waals surface area contributed by atoms with Gasteiger partial charge in [-0.2, -0.15) is 0 Å². The number of nitrogens with zero attached hydrogens (tertiary/aromatic N) is 2. The number of hydrogen-bond donors (Lipinski definition) is 2. The molecule has 0 aromatic carbocycles. The molecule has 0 aliphatic heterocycles. The maximum Gasteiger partial charge on any atom is 0.330 e. The van der Waals surface area contributed by atoms with Gasteiger partial charge in [0.2, 0.25) is 0 Å².